The predicted octanol–water partition coefficient (Wildman–Crippen LogP) is 2.47. The summed E-state index contributed by atoms with van der Waals surface area (Å²) in [4.78, 5) is 13.8. The van der Waals surface area contributed by atoms with Crippen LogP contribution in [0.5, 0.6) is 0 Å². The van der Waals surface area contributed by atoms with Crippen molar-refractivity contribution in [3.63, 3.8) is 0 Å². The standard InChI is InChI=1S/C15H13FN2O/c1-18-13-5-3-2-4-10(13)12-8-9(16)6-7-11(12)14(17)15(18)19/h2-8,14H,17H2,1H3/t14-/m1/s1. The molecule has 0 unspecified atom stereocenters. The van der Waals surface area contributed by atoms with Crippen molar-refractivity contribution in [1.82, 2.24) is 0 Å². The highest BCUT2D eigenvalue weighted by atomic mass is 19.1. The molecule has 96 valence electrons. The van der Waals surface area contributed by atoms with Gasteiger partial charge < -0.3 is 10.6 Å². The van der Waals surface area contributed by atoms with Crippen LogP contribution < -0.4 is 10.6 Å². The van der Waals surface area contributed by atoms with E-state index >= 15 is 0 Å². The summed E-state index contributed by atoms with van der Waals surface area (Å²) in [6, 6.07) is 11.0. The monoisotopic (exact) mass is 256 g/mol. The molecular formula is C15H13FN2O. The summed E-state index contributed by atoms with van der Waals surface area (Å²) in [6.07, 6.45) is 0. The molecule has 0 saturated carbocycles. The van der Waals surface area contributed by atoms with E-state index in [1.54, 1.807) is 13.1 Å². The van der Waals surface area contributed by atoms with E-state index in [-0.39, 0.29) is 11.7 Å². The largest absolute Gasteiger partial charge is 0.316 e. The molecule has 0 aliphatic carbocycles. The van der Waals surface area contributed by atoms with E-state index in [1.807, 2.05) is 24.3 Å². The molecule has 1 aliphatic rings. The Morgan fingerprint density at radius 2 is 1.89 bits per heavy atom. The van der Waals surface area contributed by atoms with Crippen LogP contribution in [0, 0.1) is 5.82 Å². The molecule has 1 amide bonds. The van der Waals surface area contributed by atoms with Gasteiger partial charge >= 0.3 is 0 Å². The molecule has 3 rings (SSSR count). The minimum Gasteiger partial charge on any atom is -0.316 e. The Hall–Kier alpha value is -2.20. The van der Waals surface area contributed by atoms with Crippen molar-refractivity contribution in [3.05, 3.63) is 53.8 Å². The lowest BCUT2D eigenvalue weighted by molar-refractivity contribution is -0.119. The molecule has 2 aromatic carbocycles. The Bertz CT molecular complexity index is 669. The van der Waals surface area contributed by atoms with Crippen molar-refractivity contribution in [2.45, 2.75) is 6.04 Å². The molecule has 1 heterocycles. The van der Waals surface area contributed by atoms with Gasteiger partial charge in [0.2, 0.25) is 5.91 Å². The number of hydrogen-bond acceptors (Lipinski definition) is 2. The van der Waals surface area contributed by atoms with E-state index in [1.165, 1.54) is 17.0 Å². The molecule has 0 spiro atoms. The van der Waals surface area contributed by atoms with Crippen molar-refractivity contribution in [1.29, 1.82) is 0 Å². The van der Waals surface area contributed by atoms with Crippen molar-refractivity contribution >= 4 is 11.6 Å². The zero-order chi connectivity index (χ0) is 13.6. The minimum absolute atomic E-state index is 0.196. The zero-order valence-corrected chi connectivity index (χ0v) is 10.4. The zero-order valence-electron chi connectivity index (χ0n) is 10.4. The van der Waals surface area contributed by atoms with Gasteiger partial charge in [0.1, 0.15) is 11.9 Å². The van der Waals surface area contributed by atoms with Gasteiger partial charge in [-0.2, -0.15) is 0 Å². The Labute approximate surface area is 110 Å². The molecule has 3 nitrogen and oxygen atoms in total. The summed E-state index contributed by atoms with van der Waals surface area (Å²) in [6.45, 7) is 0. The average Bonchev–Trinajstić information content (AvgIpc) is 2.51. The van der Waals surface area contributed by atoms with E-state index in [4.69, 9.17) is 5.73 Å². The number of fused-ring (bicyclic) bond motifs is 3. The van der Waals surface area contributed by atoms with Crippen LogP contribution in [-0.4, -0.2) is 13.0 Å². The van der Waals surface area contributed by atoms with Gasteiger partial charge in [0.05, 0.1) is 5.69 Å². The van der Waals surface area contributed by atoms with Crippen LogP contribution >= 0.6 is 0 Å². The SMILES string of the molecule is CN1C(=O)[C@H](N)c2ccc(F)cc2-c2ccccc21. The molecular weight excluding hydrogens is 243 g/mol. The fourth-order valence-corrected chi connectivity index (χ4v) is 2.49. The fourth-order valence-electron chi connectivity index (χ4n) is 2.49. The highest BCUT2D eigenvalue weighted by Gasteiger charge is 2.29. The van der Waals surface area contributed by atoms with Gasteiger partial charge in [-0.05, 0) is 29.3 Å². The van der Waals surface area contributed by atoms with Gasteiger partial charge in [-0.15, -0.1) is 0 Å². The molecule has 0 saturated heterocycles. The number of para-hydroxylation sites is 1. The van der Waals surface area contributed by atoms with Gasteiger partial charge in [-0.1, -0.05) is 24.3 Å². The van der Waals surface area contributed by atoms with Crippen LogP contribution in [-0.2, 0) is 4.79 Å². The lowest BCUT2D eigenvalue weighted by atomic mass is 9.95. The Balaban J connectivity index is 2.37. The van der Waals surface area contributed by atoms with Gasteiger partial charge in [-0.3, -0.25) is 4.79 Å². The molecule has 2 N–H and O–H groups in total. The van der Waals surface area contributed by atoms with E-state index in [0.29, 0.717) is 11.1 Å². The van der Waals surface area contributed by atoms with Gasteiger partial charge in [0.15, 0.2) is 0 Å². The van der Waals surface area contributed by atoms with E-state index in [9.17, 15) is 9.18 Å². The summed E-state index contributed by atoms with van der Waals surface area (Å²) in [5.74, 6) is -0.532. The van der Waals surface area contributed by atoms with Gasteiger partial charge in [0, 0.05) is 12.6 Å². The number of anilines is 1. The highest BCUT2D eigenvalue weighted by molar-refractivity contribution is 6.04. The number of amides is 1. The molecule has 4 heteroatoms. The Morgan fingerprint density at radius 3 is 2.68 bits per heavy atom. The van der Waals surface area contributed by atoms with E-state index in [0.717, 1.165) is 11.3 Å². The number of halogens is 1. The molecule has 1 atom stereocenters. The third-order valence-electron chi connectivity index (χ3n) is 3.50. The average molecular weight is 256 g/mol. The predicted molar refractivity (Wildman–Crippen MR) is 72.2 cm³/mol. The van der Waals surface area contributed by atoms with Gasteiger partial charge in [0.25, 0.3) is 0 Å². The van der Waals surface area contributed by atoms with Gasteiger partial charge in [-0.25, -0.2) is 4.39 Å². The van der Waals surface area contributed by atoms with Crippen molar-refractivity contribution in [2.75, 3.05) is 11.9 Å². The topological polar surface area (TPSA) is 46.3 Å². The molecule has 0 bridgehead atoms. The molecule has 0 fully saturated rings. The van der Waals surface area contributed by atoms with Crippen LogP contribution in [0.4, 0.5) is 10.1 Å². The minimum atomic E-state index is -0.770. The molecule has 0 radical (unpaired) electrons. The lowest BCUT2D eigenvalue weighted by Crippen LogP contribution is -2.34. The fraction of sp³-hybridized carbons (Fsp3) is 0.133. The normalized spacial score (nSPS) is 17.7. The smallest absolute Gasteiger partial charge is 0.248 e. The first-order valence-corrected chi connectivity index (χ1v) is 6.01. The van der Waals surface area contributed by atoms with Crippen molar-refractivity contribution < 1.29 is 9.18 Å². The lowest BCUT2D eigenvalue weighted by Gasteiger charge is -2.19. The summed E-state index contributed by atoms with van der Waals surface area (Å²) >= 11 is 0. The summed E-state index contributed by atoms with van der Waals surface area (Å²) < 4.78 is 13.5. The maximum atomic E-state index is 13.5. The number of hydrogen-bond donors (Lipinski definition) is 1. The molecule has 1 aliphatic heterocycles. The van der Waals surface area contributed by atoms with Crippen LogP contribution in [0.15, 0.2) is 42.5 Å². The Kier molecular flexibility index (Phi) is 2.61. The van der Waals surface area contributed by atoms with E-state index in [2.05, 4.69) is 0 Å². The van der Waals surface area contributed by atoms with E-state index < -0.39 is 6.04 Å². The second-order valence-electron chi connectivity index (χ2n) is 4.62. The second kappa shape index (κ2) is 4.17. The molecule has 2 aromatic rings. The third kappa shape index (κ3) is 1.72. The van der Waals surface area contributed by atoms with Crippen LogP contribution in [0.25, 0.3) is 11.1 Å². The first-order valence-electron chi connectivity index (χ1n) is 6.01. The number of benzene rings is 2. The van der Waals surface area contributed by atoms with Crippen LogP contribution in [0.1, 0.15) is 11.6 Å². The molecule has 0 aromatic heterocycles. The quantitative estimate of drug-likeness (QED) is 0.787. The number of rotatable bonds is 0. The number of carbonyl (C=O) groups excluding carboxylic acids is 1. The maximum Gasteiger partial charge on any atom is 0.248 e. The summed E-state index contributed by atoms with van der Waals surface area (Å²) in [5, 5.41) is 0. The van der Waals surface area contributed by atoms with Crippen molar-refractivity contribution in [2.24, 2.45) is 5.73 Å². The number of carbonyl (C=O) groups is 1. The maximum absolute atomic E-state index is 13.5. The summed E-state index contributed by atoms with van der Waals surface area (Å²) in [5.41, 5.74) is 8.90. The summed E-state index contributed by atoms with van der Waals surface area (Å²) in [7, 11) is 1.68. The van der Waals surface area contributed by atoms with Crippen LogP contribution in [0.2, 0.25) is 0 Å². The first-order chi connectivity index (χ1) is 9.09. The Morgan fingerprint density at radius 1 is 1.16 bits per heavy atom. The van der Waals surface area contributed by atoms with Crippen LogP contribution in [0.3, 0.4) is 0 Å². The number of nitrogens with zero attached hydrogens (tertiary/aromatic N) is 1. The first kappa shape index (κ1) is 11.9. The van der Waals surface area contributed by atoms with Crippen molar-refractivity contribution in [3.8, 4) is 11.1 Å². The third-order valence-corrected chi connectivity index (χ3v) is 3.50. The molecule has 19 heavy (non-hydrogen) atoms. The second-order valence-corrected chi connectivity index (χ2v) is 4.62. The number of likely N-dealkylation sites (N-methyl/N-ethyl adjacent to an activating group) is 1. The number of nitrogens with two attached hydrogens (primary N) is 1. The highest BCUT2D eigenvalue weighted by Crippen LogP contribution is 2.38.